The number of hydrogen-bond acceptors (Lipinski definition) is 3. The minimum absolute atomic E-state index is 0.0293. The van der Waals surface area contributed by atoms with Crippen LogP contribution in [0.3, 0.4) is 0 Å². The molecule has 0 saturated heterocycles. The Bertz CT molecular complexity index is 930. The number of rotatable bonds is 8. The predicted molar refractivity (Wildman–Crippen MR) is 125 cm³/mol. The summed E-state index contributed by atoms with van der Waals surface area (Å²) in [4.78, 5) is 10.5. The van der Waals surface area contributed by atoms with Crippen molar-refractivity contribution in [3.8, 4) is 11.5 Å². The van der Waals surface area contributed by atoms with Crippen molar-refractivity contribution in [1.82, 2.24) is 0 Å². The van der Waals surface area contributed by atoms with Crippen LogP contribution in [0.5, 0.6) is 11.5 Å². The number of hydrogen-bond donors (Lipinski definition) is 1. The summed E-state index contributed by atoms with van der Waals surface area (Å²) in [5.74, 6) is 1.35. The molecule has 30 heavy (non-hydrogen) atoms. The lowest BCUT2D eigenvalue weighted by molar-refractivity contribution is -0.109. The van der Waals surface area contributed by atoms with Crippen LogP contribution in [0.2, 0.25) is 0 Å². The first-order valence-electron chi connectivity index (χ1n) is 10.0. The largest absolute Gasteiger partial charge is 0.508 e. The Morgan fingerprint density at radius 3 is 1.97 bits per heavy atom. The molecule has 0 radical (unpaired) electrons. The van der Waals surface area contributed by atoms with Crippen LogP contribution in [0, 0.1) is 0 Å². The molecule has 0 bridgehead atoms. The van der Waals surface area contributed by atoms with Crippen LogP contribution >= 0.6 is 11.6 Å². The van der Waals surface area contributed by atoms with Gasteiger partial charge in [-0.25, -0.2) is 0 Å². The van der Waals surface area contributed by atoms with Gasteiger partial charge in [-0.2, -0.15) is 0 Å². The molecule has 0 aromatic heterocycles. The molecule has 0 spiro atoms. The van der Waals surface area contributed by atoms with E-state index in [1.807, 2.05) is 68.4 Å². The van der Waals surface area contributed by atoms with E-state index in [4.69, 9.17) is 16.3 Å². The average molecular weight is 423 g/mol. The molecule has 0 unspecified atom stereocenters. The predicted octanol–water partition coefficient (Wildman–Crippen LogP) is 6.58. The molecule has 0 heterocycles. The molecular weight excluding hydrogens is 396 g/mol. The van der Waals surface area contributed by atoms with Gasteiger partial charge in [0.2, 0.25) is 0 Å². The Balaban J connectivity index is 0.00000155. The lowest BCUT2D eigenvalue weighted by Crippen LogP contribution is -1.99. The first kappa shape index (κ1) is 23.2. The summed E-state index contributed by atoms with van der Waals surface area (Å²) in [6.45, 7) is 4.03. The van der Waals surface area contributed by atoms with Crippen molar-refractivity contribution in [2.24, 2.45) is 0 Å². The highest BCUT2D eigenvalue weighted by molar-refractivity contribution is 6.18. The summed E-state index contributed by atoms with van der Waals surface area (Å²) in [6, 6.07) is 25.0. The summed E-state index contributed by atoms with van der Waals surface area (Å²) < 4.78 is 5.37. The normalized spacial score (nSPS) is 11.0. The molecule has 0 aliphatic heterocycles. The highest BCUT2D eigenvalue weighted by Crippen LogP contribution is 2.35. The lowest BCUT2D eigenvalue weighted by atomic mass is 9.88. The quantitative estimate of drug-likeness (QED) is 0.253. The molecule has 3 rings (SSSR count). The number of alkyl halides is 1. The Morgan fingerprint density at radius 1 is 0.867 bits per heavy atom. The molecule has 0 amide bonds. The van der Waals surface area contributed by atoms with Crippen molar-refractivity contribution >= 4 is 29.0 Å². The van der Waals surface area contributed by atoms with Gasteiger partial charge in [-0.15, -0.1) is 11.6 Å². The summed E-state index contributed by atoms with van der Waals surface area (Å²) in [6.07, 6.45) is 1.43. The van der Waals surface area contributed by atoms with Crippen molar-refractivity contribution < 1.29 is 14.6 Å². The second kappa shape index (κ2) is 12.5. The average Bonchev–Trinajstić information content (AvgIpc) is 2.81. The number of aromatic hydroxyl groups is 1. The molecule has 0 saturated carbocycles. The molecule has 3 nitrogen and oxygen atoms in total. The second-order valence-electron chi connectivity index (χ2n) is 6.21. The summed E-state index contributed by atoms with van der Waals surface area (Å²) in [7, 11) is 0. The third-order valence-electron chi connectivity index (χ3n) is 4.39. The zero-order valence-corrected chi connectivity index (χ0v) is 18.1. The number of allylic oxidation sites excluding steroid dienone is 1. The molecular formula is C26H27ClO3. The van der Waals surface area contributed by atoms with Gasteiger partial charge in [0.05, 0.1) is 0 Å². The Labute approximate surface area is 183 Å². The molecule has 3 aromatic carbocycles. The van der Waals surface area contributed by atoms with E-state index >= 15 is 0 Å². The standard InChI is InChI=1S/C24H21ClO3.C2H6/c25-15-14-23(18-4-2-1-3-5-18)24(19-6-10-21(27)11-7-19)20-8-12-22(13-9-20)28-17-16-26;1-2/h1-13,16,27H,14-15,17H2;1-2H3/b24-23-;. The maximum Gasteiger partial charge on any atom is 0.157 e. The monoisotopic (exact) mass is 422 g/mol. The van der Waals surface area contributed by atoms with E-state index in [9.17, 15) is 9.90 Å². The second-order valence-corrected chi connectivity index (χ2v) is 6.59. The molecule has 4 heteroatoms. The van der Waals surface area contributed by atoms with Gasteiger partial charge < -0.3 is 9.84 Å². The number of benzene rings is 3. The van der Waals surface area contributed by atoms with Gasteiger partial charge in [0.25, 0.3) is 0 Å². The topological polar surface area (TPSA) is 46.5 Å². The number of phenolic OH excluding ortho intramolecular Hbond substituents is 1. The number of carbonyl (C=O) groups excluding carboxylic acids is 1. The van der Waals surface area contributed by atoms with Crippen molar-refractivity contribution in [2.75, 3.05) is 12.5 Å². The summed E-state index contributed by atoms with van der Waals surface area (Å²) >= 11 is 6.15. The molecule has 3 aromatic rings. The van der Waals surface area contributed by atoms with Gasteiger partial charge in [-0.1, -0.05) is 68.4 Å². The van der Waals surface area contributed by atoms with E-state index in [0.29, 0.717) is 18.1 Å². The minimum atomic E-state index is 0.0293. The fraction of sp³-hybridized carbons (Fsp3) is 0.192. The smallest absolute Gasteiger partial charge is 0.157 e. The van der Waals surface area contributed by atoms with Crippen LogP contribution in [0.15, 0.2) is 78.9 Å². The Morgan fingerprint density at radius 2 is 1.43 bits per heavy atom. The van der Waals surface area contributed by atoms with Crippen LogP contribution in [0.25, 0.3) is 11.1 Å². The SMILES string of the molecule is CC.O=CCOc1ccc(/C(=C(/CCCl)c2ccccc2)c2ccc(O)cc2)cc1. The van der Waals surface area contributed by atoms with Gasteiger partial charge >= 0.3 is 0 Å². The van der Waals surface area contributed by atoms with Gasteiger partial charge in [-0.3, -0.25) is 4.79 Å². The summed E-state index contributed by atoms with van der Waals surface area (Å²) in [5, 5.41) is 9.70. The highest BCUT2D eigenvalue weighted by atomic mass is 35.5. The maximum absolute atomic E-state index is 10.5. The Hall–Kier alpha value is -3.04. The van der Waals surface area contributed by atoms with Gasteiger partial charge in [-0.05, 0) is 58.5 Å². The van der Waals surface area contributed by atoms with Crippen molar-refractivity contribution in [3.05, 3.63) is 95.6 Å². The van der Waals surface area contributed by atoms with E-state index in [1.165, 1.54) is 0 Å². The number of aldehydes is 1. The van der Waals surface area contributed by atoms with Crippen molar-refractivity contribution in [2.45, 2.75) is 20.3 Å². The summed E-state index contributed by atoms with van der Waals surface area (Å²) in [5.41, 5.74) is 5.28. The molecule has 0 atom stereocenters. The number of phenols is 1. The van der Waals surface area contributed by atoms with Gasteiger partial charge in [0.1, 0.15) is 18.1 Å². The molecule has 1 N–H and O–H groups in total. The maximum atomic E-state index is 10.5. The molecule has 156 valence electrons. The van der Waals surface area contributed by atoms with Gasteiger partial charge in [0.15, 0.2) is 6.29 Å². The fourth-order valence-corrected chi connectivity index (χ4v) is 3.33. The fourth-order valence-electron chi connectivity index (χ4n) is 3.14. The van der Waals surface area contributed by atoms with E-state index in [0.717, 1.165) is 34.1 Å². The third kappa shape index (κ3) is 6.23. The molecule has 0 fully saturated rings. The van der Waals surface area contributed by atoms with E-state index in [-0.39, 0.29) is 12.4 Å². The van der Waals surface area contributed by atoms with Gasteiger partial charge in [0, 0.05) is 5.88 Å². The number of carbonyl (C=O) groups is 1. The third-order valence-corrected chi connectivity index (χ3v) is 4.57. The van der Waals surface area contributed by atoms with Crippen LogP contribution < -0.4 is 4.74 Å². The first-order valence-corrected chi connectivity index (χ1v) is 10.6. The highest BCUT2D eigenvalue weighted by Gasteiger charge is 2.14. The van der Waals surface area contributed by atoms with Crippen LogP contribution in [-0.4, -0.2) is 23.9 Å². The Kier molecular flexibility index (Phi) is 9.69. The lowest BCUT2D eigenvalue weighted by Gasteiger charge is -2.17. The molecule has 0 aliphatic rings. The van der Waals surface area contributed by atoms with E-state index < -0.39 is 0 Å². The van der Waals surface area contributed by atoms with E-state index in [1.54, 1.807) is 12.1 Å². The van der Waals surface area contributed by atoms with Crippen LogP contribution in [0.4, 0.5) is 0 Å². The van der Waals surface area contributed by atoms with Crippen LogP contribution in [0.1, 0.15) is 37.0 Å². The van der Waals surface area contributed by atoms with Crippen molar-refractivity contribution in [3.63, 3.8) is 0 Å². The minimum Gasteiger partial charge on any atom is -0.508 e. The zero-order valence-electron chi connectivity index (χ0n) is 17.3. The number of halogens is 1. The van der Waals surface area contributed by atoms with Crippen molar-refractivity contribution in [1.29, 1.82) is 0 Å². The molecule has 0 aliphatic carbocycles. The first-order chi connectivity index (χ1) is 14.7. The zero-order chi connectivity index (χ0) is 21.8. The number of ether oxygens (including phenoxy) is 1. The van der Waals surface area contributed by atoms with E-state index in [2.05, 4.69) is 12.1 Å². The van der Waals surface area contributed by atoms with Crippen LogP contribution in [-0.2, 0) is 4.79 Å².